The van der Waals surface area contributed by atoms with Gasteiger partial charge in [-0.25, -0.2) is 9.59 Å². The zero-order valence-electron chi connectivity index (χ0n) is 16.1. The third-order valence-electron chi connectivity index (χ3n) is 3.33. The molecule has 1 aromatic rings. The summed E-state index contributed by atoms with van der Waals surface area (Å²) in [5.41, 5.74) is 0.259. The SMILES string of the molecule is CC(C)(C)OC(=O)NCCCN(CCC(=O)O)C(=O)OCc1ccccc1. The van der Waals surface area contributed by atoms with Gasteiger partial charge in [0.25, 0.3) is 0 Å². The van der Waals surface area contributed by atoms with Crippen molar-refractivity contribution in [3.8, 4) is 0 Å². The fraction of sp³-hybridized carbons (Fsp3) is 0.526. The lowest BCUT2D eigenvalue weighted by molar-refractivity contribution is -0.137. The normalized spacial score (nSPS) is 10.8. The molecule has 150 valence electrons. The lowest BCUT2D eigenvalue weighted by atomic mass is 10.2. The minimum atomic E-state index is -0.997. The second-order valence-corrected chi connectivity index (χ2v) is 6.95. The summed E-state index contributed by atoms with van der Waals surface area (Å²) < 4.78 is 10.4. The van der Waals surface area contributed by atoms with Crippen LogP contribution in [0.1, 0.15) is 39.2 Å². The van der Waals surface area contributed by atoms with Crippen LogP contribution in [0.3, 0.4) is 0 Å². The smallest absolute Gasteiger partial charge is 0.410 e. The molecule has 1 aromatic carbocycles. The van der Waals surface area contributed by atoms with Crippen molar-refractivity contribution in [3.05, 3.63) is 35.9 Å². The van der Waals surface area contributed by atoms with Crippen LogP contribution in [0.25, 0.3) is 0 Å². The highest BCUT2D eigenvalue weighted by Gasteiger charge is 2.18. The molecule has 8 heteroatoms. The Morgan fingerprint density at radius 3 is 2.37 bits per heavy atom. The zero-order chi connectivity index (χ0) is 20.3. The number of carbonyl (C=O) groups excluding carboxylic acids is 2. The number of carbonyl (C=O) groups is 3. The van der Waals surface area contributed by atoms with Gasteiger partial charge in [-0.3, -0.25) is 4.79 Å². The van der Waals surface area contributed by atoms with Crippen LogP contribution in [-0.4, -0.2) is 53.4 Å². The number of amides is 2. The van der Waals surface area contributed by atoms with Crippen LogP contribution >= 0.6 is 0 Å². The van der Waals surface area contributed by atoms with Crippen LogP contribution < -0.4 is 5.32 Å². The van der Waals surface area contributed by atoms with E-state index in [1.54, 1.807) is 20.8 Å². The molecule has 2 N–H and O–H groups in total. The van der Waals surface area contributed by atoms with E-state index in [0.29, 0.717) is 13.0 Å². The maximum atomic E-state index is 12.2. The number of aliphatic carboxylic acids is 1. The predicted octanol–water partition coefficient (Wildman–Crippen LogP) is 3.01. The van der Waals surface area contributed by atoms with E-state index >= 15 is 0 Å². The minimum Gasteiger partial charge on any atom is -0.481 e. The monoisotopic (exact) mass is 380 g/mol. The minimum absolute atomic E-state index is 0.0371. The van der Waals surface area contributed by atoms with Crippen LogP contribution in [0.5, 0.6) is 0 Å². The number of nitrogens with one attached hydrogen (secondary N) is 1. The van der Waals surface area contributed by atoms with E-state index in [4.69, 9.17) is 14.6 Å². The first-order valence-corrected chi connectivity index (χ1v) is 8.81. The lowest BCUT2D eigenvalue weighted by Gasteiger charge is -2.22. The van der Waals surface area contributed by atoms with Gasteiger partial charge in [0.2, 0.25) is 0 Å². The molecule has 0 aliphatic carbocycles. The lowest BCUT2D eigenvalue weighted by Crippen LogP contribution is -2.37. The van der Waals surface area contributed by atoms with Crippen molar-refractivity contribution in [3.63, 3.8) is 0 Å². The van der Waals surface area contributed by atoms with E-state index in [2.05, 4.69) is 5.32 Å². The van der Waals surface area contributed by atoms with E-state index < -0.39 is 23.8 Å². The van der Waals surface area contributed by atoms with Crippen molar-refractivity contribution in [2.45, 2.75) is 45.8 Å². The number of carboxylic acids is 1. The molecule has 0 fully saturated rings. The quantitative estimate of drug-likeness (QED) is 0.638. The molecular weight excluding hydrogens is 352 g/mol. The second-order valence-electron chi connectivity index (χ2n) is 6.95. The van der Waals surface area contributed by atoms with E-state index in [-0.39, 0.29) is 26.1 Å². The number of nitrogens with zero attached hydrogens (tertiary/aromatic N) is 1. The second kappa shape index (κ2) is 11.1. The van der Waals surface area contributed by atoms with Crippen LogP contribution in [0.4, 0.5) is 9.59 Å². The Balaban J connectivity index is 2.44. The van der Waals surface area contributed by atoms with Gasteiger partial charge in [-0.05, 0) is 32.8 Å². The van der Waals surface area contributed by atoms with Crippen molar-refractivity contribution >= 4 is 18.2 Å². The third-order valence-corrected chi connectivity index (χ3v) is 3.33. The molecule has 0 aromatic heterocycles. The number of benzene rings is 1. The molecule has 0 unspecified atom stereocenters. The summed E-state index contributed by atoms with van der Waals surface area (Å²) in [5, 5.41) is 11.5. The molecule has 1 rings (SSSR count). The van der Waals surface area contributed by atoms with E-state index in [0.717, 1.165) is 5.56 Å². The van der Waals surface area contributed by atoms with Crippen molar-refractivity contribution < 1.29 is 29.0 Å². The standard InChI is InChI=1S/C19H28N2O6/c1-19(2,3)27-17(24)20-11-7-12-21(13-10-16(22)23)18(25)26-14-15-8-5-4-6-9-15/h4-6,8-9H,7,10-14H2,1-3H3,(H,20,24)(H,22,23). The van der Waals surface area contributed by atoms with Crippen molar-refractivity contribution in [2.75, 3.05) is 19.6 Å². The first-order valence-electron chi connectivity index (χ1n) is 8.81. The van der Waals surface area contributed by atoms with Gasteiger partial charge in [0.05, 0.1) is 6.42 Å². The van der Waals surface area contributed by atoms with Crippen LogP contribution in [0.15, 0.2) is 30.3 Å². The van der Waals surface area contributed by atoms with Gasteiger partial charge in [0, 0.05) is 19.6 Å². The molecule has 0 spiro atoms. The average Bonchev–Trinajstić information content (AvgIpc) is 2.58. The van der Waals surface area contributed by atoms with Crippen molar-refractivity contribution in [1.29, 1.82) is 0 Å². The Labute approximate surface area is 159 Å². The fourth-order valence-corrected chi connectivity index (χ4v) is 2.11. The predicted molar refractivity (Wildman–Crippen MR) is 99.3 cm³/mol. The molecular formula is C19H28N2O6. The molecule has 0 saturated heterocycles. The summed E-state index contributed by atoms with van der Waals surface area (Å²) >= 11 is 0. The Kier molecular flexibility index (Phi) is 9.12. The Morgan fingerprint density at radius 2 is 1.78 bits per heavy atom. The molecule has 0 radical (unpaired) electrons. The molecule has 0 aliphatic heterocycles. The average molecular weight is 380 g/mol. The molecule has 8 nitrogen and oxygen atoms in total. The summed E-state index contributed by atoms with van der Waals surface area (Å²) in [6.45, 7) is 6.00. The number of carboxylic acid groups (broad SMARTS) is 1. The van der Waals surface area contributed by atoms with Crippen molar-refractivity contribution in [2.24, 2.45) is 0 Å². The summed E-state index contributed by atoms with van der Waals surface area (Å²) in [7, 11) is 0. The number of alkyl carbamates (subject to hydrolysis) is 1. The van der Waals surface area contributed by atoms with Crippen molar-refractivity contribution in [1.82, 2.24) is 10.2 Å². The summed E-state index contributed by atoms with van der Waals surface area (Å²) in [6.07, 6.45) is -0.859. The van der Waals surface area contributed by atoms with E-state index in [9.17, 15) is 14.4 Å². The molecule has 2 amide bonds. The van der Waals surface area contributed by atoms with Crippen LogP contribution in [0.2, 0.25) is 0 Å². The summed E-state index contributed by atoms with van der Waals surface area (Å²) in [4.78, 5) is 36.0. The molecule has 0 aliphatic rings. The molecule has 0 bridgehead atoms. The van der Waals surface area contributed by atoms with Gasteiger partial charge in [0.1, 0.15) is 12.2 Å². The van der Waals surface area contributed by atoms with E-state index in [1.807, 2.05) is 30.3 Å². The zero-order valence-corrected chi connectivity index (χ0v) is 16.1. The highest BCUT2D eigenvalue weighted by molar-refractivity contribution is 5.70. The number of hydrogen-bond donors (Lipinski definition) is 2. The maximum absolute atomic E-state index is 12.2. The largest absolute Gasteiger partial charge is 0.481 e. The number of ether oxygens (including phenoxy) is 2. The van der Waals surface area contributed by atoms with E-state index in [1.165, 1.54) is 4.90 Å². The van der Waals surface area contributed by atoms with Gasteiger partial charge in [-0.1, -0.05) is 30.3 Å². The Hall–Kier alpha value is -2.77. The van der Waals surface area contributed by atoms with Gasteiger partial charge in [-0.2, -0.15) is 0 Å². The Bertz CT molecular complexity index is 612. The first kappa shape index (κ1) is 22.3. The summed E-state index contributed by atoms with van der Waals surface area (Å²) in [6, 6.07) is 9.21. The third kappa shape index (κ3) is 10.7. The van der Waals surface area contributed by atoms with Gasteiger partial charge < -0.3 is 24.8 Å². The highest BCUT2D eigenvalue weighted by atomic mass is 16.6. The summed E-state index contributed by atoms with van der Waals surface area (Å²) in [5.74, 6) is -0.997. The van der Waals surface area contributed by atoms with Gasteiger partial charge in [0.15, 0.2) is 0 Å². The maximum Gasteiger partial charge on any atom is 0.410 e. The number of rotatable bonds is 9. The molecule has 0 atom stereocenters. The first-order chi connectivity index (χ1) is 12.7. The van der Waals surface area contributed by atoms with Crippen LogP contribution in [-0.2, 0) is 20.9 Å². The van der Waals surface area contributed by atoms with Gasteiger partial charge in [-0.15, -0.1) is 0 Å². The van der Waals surface area contributed by atoms with Crippen LogP contribution in [0, 0.1) is 0 Å². The molecule has 0 heterocycles. The topological polar surface area (TPSA) is 105 Å². The molecule has 0 saturated carbocycles. The Morgan fingerprint density at radius 1 is 1.11 bits per heavy atom. The molecule has 27 heavy (non-hydrogen) atoms. The number of hydrogen-bond acceptors (Lipinski definition) is 5. The highest BCUT2D eigenvalue weighted by Crippen LogP contribution is 2.07. The fourth-order valence-electron chi connectivity index (χ4n) is 2.11. The van der Waals surface area contributed by atoms with Gasteiger partial charge >= 0.3 is 18.2 Å².